The van der Waals surface area contributed by atoms with Crippen LogP contribution in [0.25, 0.3) is 0 Å². The van der Waals surface area contributed by atoms with Crippen LogP contribution in [-0.2, 0) is 13.2 Å². The van der Waals surface area contributed by atoms with Crippen LogP contribution in [0.15, 0.2) is 59.1 Å². The summed E-state index contributed by atoms with van der Waals surface area (Å²) < 4.78 is 12.3. The molecule has 0 radical (unpaired) electrons. The van der Waals surface area contributed by atoms with Crippen LogP contribution in [0.3, 0.4) is 0 Å². The normalized spacial score (nSPS) is 10.6. The van der Waals surface area contributed by atoms with Crippen molar-refractivity contribution < 1.29 is 9.47 Å². The van der Waals surface area contributed by atoms with E-state index in [-0.39, 0.29) is 0 Å². The Labute approximate surface area is 183 Å². The highest BCUT2D eigenvalue weighted by Gasteiger charge is 2.12. The van der Waals surface area contributed by atoms with E-state index < -0.39 is 0 Å². The van der Waals surface area contributed by atoms with E-state index in [0.717, 1.165) is 31.9 Å². The zero-order valence-corrected chi connectivity index (χ0v) is 18.7. The van der Waals surface area contributed by atoms with E-state index in [9.17, 15) is 0 Å². The molecule has 0 aromatic heterocycles. The molecule has 0 aliphatic heterocycles. The largest absolute Gasteiger partial charge is 0.493 e. The van der Waals surface area contributed by atoms with Gasteiger partial charge in [0.25, 0.3) is 0 Å². The first kappa shape index (κ1) is 20.8. The molecule has 0 saturated carbocycles. The third-order valence-corrected chi connectivity index (χ3v) is 5.50. The fourth-order valence-electron chi connectivity index (χ4n) is 2.66. The average molecular weight is 481 g/mol. The zero-order valence-electron chi connectivity index (χ0n) is 15.6. The number of benzene rings is 3. The van der Waals surface area contributed by atoms with Crippen LogP contribution in [0.4, 0.5) is 5.69 Å². The fourth-order valence-corrected chi connectivity index (χ4v) is 3.57. The number of nitrogens with one attached hydrogen (secondary N) is 1. The molecule has 0 fully saturated rings. The van der Waals surface area contributed by atoms with E-state index in [2.05, 4.69) is 21.2 Å². The lowest BCUT2D eigenvalue weighted by Gasteiger charge is -2.15. The van der Waals surface area contributed by atoms with Crippen LogP contribution in [0, 0.1) is 6.92 Å². The van der Waals surface area contributed by atoms with E-state index in [4.69, 9.17) is 32.7 Å². The van der Waals surface area contributed by atoms with Crippen molar-refractivity contribution >= 4 is 44.8 Å². The van der Waals surface area contributed by atoms with Crippen molar-refractivity contribution in [3.63, 3.8) is 0 Å². The minimum Gasteiger partial charge on any atom is -0.493 e. The number of aryl methyl sites for hydroxylation is 1. The van der Waals surface area contributed by atoms with Gasteiger partial charge in [0.15, 0.2) is 11.5 Å². The first-order chi connectivity index (χ1) is 13.5. The molecule has 3 aromatic carbocycles. The Bertz CT molecular complexity index is 961. The van der Waals surface area contributed by atoms with Crippen molar-refractivity contribution in [2.24, 2.45) is 0 Å². The Morgan fingerprint density at radius 1 is 0.964 bits per heavy atom. The third kappa shape index (κ3) is 5.34. The smallest absolute Gasteiger partial charge is 0.175 e. The predicted octanol–water partition coefficient (Wildman–Crippen LogP) is 7.26. The second kappa shape index (κ2) is 9.55. The lowest BCUT2D eigenvalue weighted by molar-refractivity contribution is 0.282. The first-order valence-electron chi connectivity index (χ1n) is 8.70. The summed E-state index contributed by atoms with van der Waals surface area (Å²) in [6.07, 6.45) is 0. The molecule has 146 valence electrons. The van der Waals surface area contributed by atoms with Gasteiger partial charge in [-0.2, -0.15) is 0 Å². The van der Waals surface area contributed by atoms with Gasteiger partial charge in [0, 0.05) is 22.3 Å². The molecule has 0 aliphatic carbocycles. The van der Waals surface area contributed by atoms with Gasteiger partial charge in [-0.15, -0.1) is 0 Å². The van der Waals surface area contributed by atoms with E-state index in [1.165, 1.54) is 0 Å². The number of methoxy groups -OCH3 is 1. The number of hydrogen-bond acceptors (Lipinski definition) is 3. The van der Waals surface area contributed by atoms with Gasteiger partial charge >= 0.3 is 0 Å². The number of ether oxygens (including phenoxy) is 2. The van der Waals surface area contributed by atoms with Gasteiger partial charge in [0.05, 0.1) is 11.6 Å². The summed E-state index contributed by atoms with van der Waals surface area (Å²) in [7, 11) is 1.63. The second-order valence-corrected chi connectivity index (χ2v) is 8.04. The second-order valence-electron chi connectivity index (χ2n) is 6.34. The third-order valence-electron chi connectivity index (χ3n) is 4.25. The number of rotatable bonds is 7. The monoisotopic (exact) mass is 479 g/mol. The zero-order chi connectivity index (χ0) is 20.1. The Balaban J connectivity index is 1.71. The van der Waals surface area contributed by atoms with Crippen molar-refractivity contribution in [1.82, 2.24) is 0 Å². The SMILES string of the molecule is COc1cc(CNc2ccc(C)c(Cl)c2)cc(Br)c1OCc1ccc(Cl)cc1. The lowest BCUT2D eigenvalue weighted by Crippen LogP contribution is -2.03. The van der Waals surface area contributed by atoms with Gasteiger partial charge in [0.2, 0.25) is 0 Å². The fraction of sp³-hybridized carbons (Fsp3) is 0.182. The highest BCUT2D eigenvalue weighted by atomic mass is 79.9. The molecular weight excluding hydrogens is 461 g/mol. The predicted molar refractivity (Wildman–Crippen MR) is 120 cm³/mol. The molecule has 0 amide bonds. The number of hydrogen-bond donors (Lipinski definition) is 1. The summed E-state index contributed by atoms with van der Waals surface area (Å²) in [5, 5.41) is 4.82. The maximum Gasteiger partial charge on any atom is 0.175 e. The summed E-state index contributed by atoms with van der Waals surface area (Å²) in [5.41, 5.74) is 4.10. The molecule has 0 heterocycles. The van der Waals surface area contributed by atoms with Gasteiger partial charge < -0.3 is 14.8 Å². The molecular formula is C22H20BrCl2NO2. The van der Waals surface area contributed by atoms with E-state index in [1.807, 2.05) is 61.5 Å². The highest BCUT2D eigenvalue weighted by Crippen LogP contribution is 2.37. The van der Waals surface area contributed by atoms with E-state index in [0.29, 0.717) is 29.7 Å². The molecule has 0 unspecified atom stereocenters. The summed E-state index contributed by atoms with van der Waals surface area (Å²) in [6.45, 7) is 3.04. The van der Waals surface area contributed by atoms with Gasteiger partial charge in [0.1, 0.15) is 6.61 Å². The Kier molecular flexibility index (Phi) is 7.11. The maximum atomic E-state index is 6.19. The van der Waals surface area contributed by atoms with Gasteiger partial charge in [-0.3, -0.25) is 0 Å². The van der Waals surface area contributed by atoms with Crippen molar-refractivity contribution in [2.75, 3.05) is 12.4 Å². The van der Waals surface area contributed by atoms with Gasteiger partial charge in [-0.05, 0) is 75.9 Å². The molecule has 0 atom stereocenters. The molecule has 3 rings (SSSR count). The van der Waals surface area contributed by atoms with Crippen molar-refractivity contribution in [3.8, 4) is 11.5 Å². The average Bonchev–Trinajstić information content (AvgIpc) is 2.69. The first-order valence-corrected chi connectivity index (χ1v) is 10.2. The van der Waals surface area contributed by atoms with Crippen molar-refractivity contribution in [1.29, 1.82) is 0 Å². The van der Waals surface area contributed by atoms with Crippen LogP contribution < -0.4 is 14.8 Å². The minimum atomic E-state index is 0.422. The Morgan fingerprint density at radius 3 is 2.39 bits per heavy atom. The summed E-state index contributed by atoms with van der Waals surface area (Å²) in [6, 6.07) is 17.5. The van der Waals surface area contributed by atoms with Crippen LogP contribution in [0.1, 0.15) is 16.7 Å². The Hall–Kier alpha value is -1.88. The van der Waals surface area contributed by atoms with Gasteiger partial charge in [-0.1, -0.05) is 41.4 Å². The van der Waals surface area contributed by atoms with E-state index >= 15 is 0 Å². The molecule has 0 saturated heterocycles. The van der Waals surface area contributed by atoms with Crippen molar-refractivity contribution in [2.45, 2.75) is 20.1 Å². The van der Waals surface area contributed by atoms with Crippen LogP contribution in [-0.4, -0.2) is 7.11 Å². The maximum absolute atomic E-state index is 6.19. The number of halogens is 3. The van der Waals surface area contributed by atoms with Crippen LogP contribution >= 0.6 is 39.1 Å². The summed E-state index contributed by atoms with van der Waals surface area (Å²) >= 11 is 15.7. The molecule has 0 aliphatic rings. The van der Waals surface area contributed by atoms with Gasteiger partial charge in [-0.25, -0.2) is 0 Å². The number of anilines is 1. The van der Waals surface area contributed by atoms with E-state index in [1.54, 1.807) is 7.11 Å². The molecule has 3 nitrogen and oxygen atoms in total. The standard InChI is InChI=1S/C22H20BrCl2NO2/c1-14-3-8-18(11-20(14)25)26-12-16-9-19(23)22(21(10-16)27-2)28-13-15-4-6-17(24)7-5-15/h3-11,26H,12-13H2,1-2H3. The van der Waals surface area contributed by atoms with Crippen LogP contribution in [0.5, 0.6) is 11.5 Å². The molecule has 3 aromatic rings. The minimum absolute atomic E-state index is 0.422. The molecule has 28 heavy (non-hydrogen) atoms. The quantitative estimate of drug-likeness (QED) is 0.385. The molecule has 0 spiro atoms. The summed E-state index contributed by atoms with van der Waals surface area (Å²) in [5.74, 6) is 1.33. The Morgan fingerprint density at radius 2 is 1.71 bits per heavy atom. The topological polar surface area (TPSA) is 30.5 Å². The lowest BCUT2D eigenvalue weighted by atomic mass is 10.1. The molecule has 1 N–H and O–H groups in total. The van der Waals surface area contributed by atoms with Crippen molar-refractivity contribution in [3.05, 3.63) is 85.8 Å². The molecule has 6 heteroatoms. The summed E-state index contributed by atoms with van der Waals surface area (Å²) in [4.78, 5) is 0. The highest BCUT2D eigenvalue weighted by molar-refractivity contribution is 9.10. The van der Waals surface area contributed by atoms with Crippen LogP contribution in [0.2, 0.25) is 10.0 Å². The molecule has 0 bridgehead atoms.